The molecule has 7 nitrogen and oxygen atoms in total. The summed E-state index contributed by atoms with van der Waals surface area (Å²) >= 11 is 0. The van der Waals surface area contributed by atoms with Crippen LogP contribution >= 0.6 is 24.0 Å². The van der Waals surface area contributed by atoms with E-state index >= 15 is 0 Å². The van der Waals surface area contributed by atoms with Crippen molar-refractivity contribution < 1.29 is 9.53 Å². The van der Waals surface area contributed by atoms with Crippen LogP contribution in [-0.4, -0.2) is 74.1 Å². The second-order valence-electron chi connectivity index (χ2n) is 8.14. The number of fused-ring (bicyclic) bond motifs is 1. The van der Waals surface area contributed by atoms with Crippen LogP contribution in [0.4, 0.5) is 0 Å². The van der Waals surface area contributed by atoms with Gasteiger partial charge in [-0.3, -0.25) is 9.79 Å². The molecule has 1 amide bonds. The number of benzene rings is 1. The van der Waals surface area contributed by atoms with Crippen LogP contribution in [0.5, 0.6) is 0 Å². The molecular weight excluding hydrogens is 505 g/mol. The number of piperidine rings is 1. The minimum absolute atomic E-state index is 0. The molecule has 2 N–H and O–H groups in total. The third kappa shape index (κ3) is 8.23. The third-order valence-corrected chi connectivity index (χ3v) is 5.90. The highest BCUT2D eigenvalue weighted by atomic mass is 127. The molecule has 3 rings (SSSR count). The first-order valence-electron chi connectivity index (χ1n) is 11.3. The summed E-state index contributed by atoms with van der Waals surface area (Å²) in [6.45, 7) is 9.05. The maximum absolute atomic E-state index is 12.5. The Morgan fingerprint density at radius 3 is 2.48 bits per heavy atom. The predicted octanol–water partition coefficient (Wildman–Crippen LogP) is 2.59. The maximum atomic E-state index is 12.5. The van der Waals surface area contributed by atoms with Crippen molar-refractivity contribution in [3.63, 3.8) is 0 Å². The van der Waals surface area contributed by atoms with Gasteiger partial charge in [0.15, 0.2) is 5.96 Å². The van der Waals surface area contributed by atoms with Crippen molar-refractivity contribution in [1.29, 1.82) is 0 Å². The van der Waals surface area contributed by atoms with E-state index in [1.54, 1.807) is 7.11 Å². The summed E-state index contributed by atoms with van der Waals surface area (Å²) in [6, 6.07) is 8.76. The minimum Gasteiger partial charge on any atom is -0.383 e. The molecule has 1 aromatic carbocycles. The number of hydrogen-bond acceptors (Lipinski definition) is 4. The van der Waals surface area contributed by atoms with Crippen LogP contribution in [0.2, 0.25) is 0 Å². The summed E-state index contributed by atoms with van der Waals surface area (Å²) in [5.41, 5.74) is 2.55. The zero-order valence-electron chi connectivity index (χ0n) is 18.9. The van der Waals surface area contributed by atoms with E-state index in [0.717, 1.165) is 71.1 Å². The highest BCUT2D eigenvalue weighted by Gasteiger charge is 2.22. The Bertz CT molecular complexity index is 682. The lowest BCUT2D eigenvalue weighted by molar-refractivity contribution is -0.131. The lowest BCUT2D eigenvalue weighted by Gasteiger charge is -2.32. The van der Waals surface area contributed by atoms with E-state index < -0.39 is 0 Å². The fraction of sp³-hybridized carbons (Fsp3) is 0.652. The van der Waals surface area contributed by atoms with E-state index in [0.29, 0.717) is 19.0 Å². The summed E-state index contributed by atoms with van der Waals surface area (Å²) in [5.74, 6) is 1.09. The molecule has 0 atom stereocenters. The summed E-state index contributed by atoms with van der Waals surface area (Å²) < 4.78 is 5.18. The normalized spacial score (nSPS) is 17.2. The molecule has 2 aliphatic heterocycles. The number of nitrogens with one attached hydrogen (secondary N) is 2. The number of ether oxygens (including phenoxy) is 1. The van der Waals surface area contributed by atoms with Crippen molar-refractivity contribution >= 4 is 35.8 Å². The van der Waals surface area contributed by atoms with Gasteiger partial charge in [0.25, 0.3) is 0 Å². The lowest BCUT2D eigenvalue weighted by Crippen LogP contribution is -2.49. The minimum atomic E-state index is 0. The summed E-state index contributed by atoms with van der Waals surface area (Å²) in [7, 11) is 1.76. The van der Waals surface area contributed by atoms with E-state index in [1.165, 1.54) is 11.1 Å². The third-order valence-electron chi connectivity index (χ3n) is 5.90. The van der Waals surface area contributed by atoms with Crippen molar-refractivity contribution in [3.05, 3.63) is 35.4 Å². The molecule has 0 aliphatic carbocycles. The monoisotopic (exact) mass is 543 g/mol. The van der Waals surface area contributed by atoms with Gasteiger partial charge in [0.05, 0.1) is 6.61 Å². The molecule has 0 radical (unpaired) electrons. The number of aliphatic imine (C=N–C) groups is 1. The molecule has 0 unspecified atom stereocenters. The van der Waals surface area contributed by atoms with Crippen molar-refractivity contribution in [2.24, 2.45) is 4.99 Å². The number of amides is 1. The number of carbonyl (C=O) groups is 1. The van der Waals surface area contributed by atoms with Gasteiger partial charge < -0.3 is 25.2 Å². The van der Waals surface area contributed by atoms with Gasteiger partial charge in [-0.05, 0) is 37.3 Å². The SMILES string of the molecule is CCNC(=NCCCC(=O)N1Cc2ccccc2C1)NC1CCN(CCOC)CC1.I. The Labute approximate surface area is 204 Å². The number of methoxy groups -OCH3 is 1. The molecule has 0 saturated carbocycles. The number of halogens is 1. The van der Waals surface area contributed by atoms with Gasteiger partial charge in [-0.15, -0.1) is 24.0 Å². The number of nitrogens with zero attached hydrogens (tertiary/aromatic N) is 3. The van der Waals surface area contributed by atoms with Gasteiger partial charge in [-0.1, -0.05) is 24.3 Å². The van der Waals surface area contributed by atoms with E-state index in [9.17, 15) is 4.79 Å². The molecular formula is C23H38IN5O2. The topological polar surface area (TPSA) is 69.2 Å². The number of carbonyl (C=O) groups excluding carboxylic acids is 1. The molecule has 1 fully saturated rings. The molecule has 0 bridgehead atoms. The van der Waals surface area contributed by atoms with Crippen LogP contribution in [0.15, 0.2) is 29.3 Å². The second-order valence-corrected chi connectivity index (χ2v) is 8.14. The van der Waals surface area contributed by atoms with Crippen LogP contribution in [0, 0.1) is 0 Å². The fourth-order valence-corrected chi connectivity index (χ4v) is 4.12. The molecule has 174 valence electrons. The second kappa shape index (κ2) is 13.9. The summed E-state index contributed by atoms with van der Waals surface area (Å²) in [4.78, 5) is 21.6. The van der Waals surface area contributed by atoms with Crippen molar-refractivity contribution in [2.45, 2.75) is 51.7 Å². The maximum Gasteiger partial charge on any atom is 0.223 e. The number of hydrogen-bond donors (Lipinski definition) is 2. The number of guanidine groups is 1. The lowest BCUT2D eigenvalue weighted by atomic mass is 10.1. The van der Waals surface area contributed by atoms with Crippen molar-refractivity contribution in [1.82, 2.24) is 20.4 Å². The van der Waals surface area contributed by atoms with Crippen molar-refractivity contribution in [3.8, 4) is 0 Å². The smallest absolute Gasteiger partial charge is 0.223 e. The molecule has 2 heterocycles. The Balaban J connectivity index is 0.00000341. The first-order chi connectivity index (χ1) is 14.7. The van der Waals surface area contributed by atoms with Crippen molar-refractivity contribution in [2.75, 3.05) is 46.4 Å². The van der Waals surface area contributed by atoms with Gasteiger partial charge in [-0.25, -0.2) is 0 Å². The standard InChI is InChI=1S/C23H37N5O2.HI/c1-3-24-23(26-21-10-13-27(14-11-21)15-16-30-2)25-12-6-9-22(29)28-17-19-7-4-5-8-20(19)18-28;/h4-5,7-8,21H,3,6,9-18H2,1-2H3,(H2,24,25,26);1H. The molecule has 1 aromatic rings. The van der Waals surface area contributed by atoms with Gasteiger partial charge in [-0.2, -0.15) is 0 Å². The average Bonchev–Trinajstić information content (AvgIpc) is 3.20. The quantitative estimate of drug-likeness (QED) is 0.217. The van der Waals surface area contributed by atoms with Crippen LogP contribution in [0.1, 0.15) is 43.7 Å². The zero-order chi connectivity index (χ0) is 21.2. The fourth-order valence-electron chi connectivity index (χ4n) is 4.12. The molecule has 0 spiro atoms. The van der Waals surface area contributed by atoms with Crippen LogP contribution < -0.4 is 10.6 Å². The Hall–Kier alpha value is -1.39. The van der Waals surface area contributed by atoms with Gasteiger partial charge in [0, 0.05) is 65.4 Å². The van der Waals surface area contributed by atoms with Crippen LogP contribution in [0.25, 0.3) is 0 Å². The Kier molecular flexibility index (Phi) is 11.6. The van der Waals surface area contributed by atoms with Crippen LogP contribution in [0.3, 0.4) is 0 Å². The zero-order valence-corrected chi connectivity index (χ0v) is 21.3. The first kappa shape index (κ1) is 25.9. The molecule has 2 aliphatic rings. The van der Waals surface area contributed by atoms with Gasteiger partial charge >= 0.3 is 0 Å². The van der Waals surface area contributed by atoms with Gasteiger partial charge in [0.2, 0.25) is 5.91 Å². The Morgan fingerprint density at radius 2 is 1.87 bits per heavy atom. The molecule has 31 heavy (non-hydrogen) atoms. The summed E-state index contributed by atoms with van der Waals surface area (Å²) in [5, 5.41) is 6.91. The first-order valence-corrected chi connectivity index (χ1v) is 11.3. The molecule has 1 saturated heterocycles. The number of rotatable bonds is 9. The molecule has 0 aromatic heterocycles. The van der Waals surface area contributed by atoms with Crippen LogP contribution in [-0.2, 0) is 22.6 Å². The average molecular weight is 543 g/mol. The Morgan fingerprint density at radius 1 is 1.19 bits per heavy atom. The van der Waals surface area contributed by atoms with E-state index in [4.69, 9.17) is 9.73 Å². The summed E-state index contributed by atoms with van der Waals surface area (Å²) in [6.07, 6.45) is 3.55. The highest BCUT2D eigenvalue weighted by Crippen LogP contribution is 2.22. The highest BCUT2D eigenvalue weighted by molar-refractivity contribution is 14.0. The van der Waals surface area contributed by atoms with Gasteiger partial charge in [0.1, 0.15) is 0 Å². The van der Waals surface area contributed by atoms with E-state index in [1.807, 2.05) is 17.0 Å². The predicted molar refractivity (Wildman–Crippen MR) is 136 cm³/mol. The van der Waals surface area contributed by atoms with E-state index in [2.05, 4.69) is 34.6 Å². The number of likely N-dealkylation sites (tertiary alicyclic amines) is 1. The molecule has 8 heteroatoms. The largest absolute Gasteiger partial charge is 0.383 e. The van der Waals surface area contributed by atoms with E-state index in [-0.39, 0.29) is 29.9 Å².